The maximum absolute atomic E-state index is 13.4. The van der Waals surface area contributed by atoms with E-state index in [1.807, 2.05) is 45.0 Å². The predicted octanol–water partition coefficient (Wildman–Crippen LogP) is 3.46. The minimum Gasteiger partial charge on any atom is -0.391 e. The number of carbonyl (C=O) groups excluding carboxylic acids is 3. The van der Waals surface area contributed by atoms with E-state index in [0.717, 1.165) is 11.1 Å². The molecular formula is C27H37N3O4S. The first-order valence-corrected chi connectivity index (χ1v) is 12.9. The Kier molecular flexibility index (Phi) is 8.51. The van der Waals surface area contributed by atoms with E-state index < -0.39 is 24.2 Å². The molecule has 2 amide bonds. The second-order valence-corrected chi connectivity index (χ2v) is 11.4. The molecule has 7 nitrogen and oxygen atoms in total. The number of β-amino-alcohol motifs (C(OH)–C–C–N with tert-alkyl or cyclic N) is 1. The zero-order valence-electron chi connectivity index (χ0n) is 21.4. The van der Waals surface area contributed by atoms with Crippen LogP contribution in [0.15, 0.2) is 35.7 Å². The maximum atomic E-state index is 13.4. The van der Waals surface area contributed by atoms with E-state index in [-0.39, 0.29) is 42.4 Å². The lowest BCUT2D eigenvalue weighted by molar-refractivity contribution is -0.142. The Balaban J connectivity index is 1.81. The van der Waals surface area contributed by atoms with Crippen LogP contribution in [0, 0.1) is 12.3 Å². The van der Waals surface area contributed by atoms with Crippen LogP contribution in [0.4, 0.5) is 0 Å². The van der Waals surface area contributed by atoms with E-state index in [4.69, 9.17) is 0 Å². The van der Waals surface area contributed by atoms with Crippen LogP contribution in [-0.2, 0) is 14.4 Å². The fraction of sp³-hybridized carbons (Fsp3) is 0.519. The Labute approximate surface area is 211 Å². The van der Waals surface area contributed by atoms with Crippen molar-refractivity contribution in [2.24, 2.45) is 5.41 Å². The average Bonchev–Trinajstić information content (AvgIpc) is 3.38. The van der Waals surface area contributed by atoms with Crippen LogP contribution in [0.3, 0.4) is 0 Å². The van der Waals surface area contributed by atoms with Crippen molar-refractivity contribution < 1.29 is 19.5 Å². The van der Waals surface area contributed by atoms with Crippen LogP contribution >= 0.6 is 11.3 Å². The molecule has 1 aliphatic rings. The third-order valence-electron chi connectivity index (χ3n) is 6.51. The van der Waals surface area contributed by atoms with Gasteiger partial charge in [0.05, 0.1) is 18.2 Å². The minimum absolute atomic E-state index is 0.0455. The summed E-state index contributed by atoms with van der Waals surface area (Å²) in [5.74, 6) is -0.616. The predicted molar refractivity (Wildman–Crippen MR) is 139 cm³/mol. The van der Waals surface area contributed by atoms with E-state index in [1.54, 1.807) is 18.4 Å². The summed E-state index contributed by atoms with van der Waals surface area (Å²) in [7, 11) is 1.72. The van der Waals surface area contributed by atoms with Crippen LogP contribution in [0.2, 0.25) is 0 Å². The number of nitrogens with zero attached hydrogens (tertiary/aromatic N) is 1. The summed E-state index contributed by atoms with van der Waals surface area (Å²) in [6, 6.07) is 8.15. The van der Waals surface area contributed by atoms with Crippen LogP contribution in [0.1, 0.15) is 57.7 Å². The van der Waals surface area contributed by atoms with Gasteiger partial charge in [-0.3, -0.25) is 14.4 Å². The standard InChI is InChI=1S/C27H37N3O4S/c1-16-11-12-35-23(16)19-9-7-18(8-10-19)21(13-17(2)31)29-25(33)22-14-20(32)15-30(22)26(34)24(28-6)27(3,4)5/h7-12,20-22,24,28,32H,13-15H2,1-6H3,(H,29,33)/t20-,21+,22+,24-/m1/s1. The zero-order valence-corrected chi connectivity index (χ0v) is 22.2. The fourth-order valence-corrected chi connectivity index (χ4v) is 5.68. The van der Waals surface area contributed by atoms with E-state index in [2.05, 4.69) is 29.0 Å². The normalized spacial score (nSPS) is 19.9. The Bertz CT molecular complexity index is 1060. The van der Waals surface area contributed by atoms with Gasteiger partial charge in [-0.1, -0.05) is 45.0 Å². The third-order valence-corrected chi connectivity index (χ3v) is 7.58. The molecule has 0 saturated carbocycles. The Morgan fingerprint density at radius 3 is 2.34 bits per heavy atom. The van der Waals surface area contributed by atoms with Gasteiger partial charge < -0.3 is 20.6 Å². The molecule has 0 bridgehead atoms. The van der Waals surface area contributed by atoms with E-state index >= 15 is 0 Å². The summed E-state index contributed by atoms with van der Waals surface area (Å²) in [6.45, 7) is 9.55. The summed E-state index contributed by atoms with van der Waals surface area (Å²) in [5.41, 5.74) is 2.76. The van der Waals surface area contributed by atoms with E-state index in [0.29, 0.717) is 0 Å². The highest BCUT2D eigenvalue weighted by Gasteiger charge is 2.43. The molecule has 190 valence electrons. The highest BCUT2D eigenvalue weighted by molar-refractivity contribution is 7.13. The van der Waals surface area contributed by atoms with Gasteiger partial charge in [0.1, 0.15) is 11.8 Å². The number of aliphatic hydroxyl groups excluding tert-OH is 1. The van der Waals surface area contributed by atoms with Gasteiger partial charge in [0.25, 0.3) is 0 Å². The molecule has 35 heavy (non-hydrogen) atoms. The highest BCUT2D eigenvalue weighted by atomic mass is 32.1. The first-order valence-electron chi connectivity index (χ1n) is 12.0. The van der Waals surface area contributed by atoms with Gasteiger partial charge in [-0.05, 0) is 54.4 Å². The van der Waals surface area contributed by atoms with Crippen molar-refractivity contribution in [2.45, 2.75) is 71.7 Å². The number of likely N-dealkylation sites (tertiary alicyclic amines) is 1. The zero-order chi connectivity index (χ0) is 25.9. The molecule has 0 aliphatic carbocycles. The van der Waals surface area contributed by atoms with Crippen molar-refractivity contribution in [3.63, 3.8) is 0 Å². The molecule has 1 aromatic carbocycles. The summed E-state index contributed by atoms with van der Waals surface area (Å²) in [6.07, 6.45) is -0.457. The number of likely N-dealkylation sites (N-methyl/N-ethyl adjacent to an activating group) is 1. The quantitative estimate of drug-likeness (QED) is 0.517. The SMILES string of the molecule is CN[C@H](C(=O)N1C[C@H](O)C[C@H]1C(=O)N[C@@H](CC(C)=O)c1ccc(-c2sccc2C)cc1)C(C)(C)C. The van der Waals surface area contributed by atoms with Gasteiger partial charge in [-0.25, -0.2) is 0 Å². The number of nitrogens with one attached hydrogen (secondary N) is 2. The van der Waals surface area contributed by atoms with E-state index in [1.165, 1.54) is 22.3 Å². The molecule has 2 heterocycles. The van der Waals surface area contributed by atoms with Gasteiger partial charge in [0, 0.05) is 24.3 Å². The molecule has 0 radical (unpaired) electrons. The molecular weight excluding hydrogens is 462 g/mol. The maximum Gasteiger partial charge on any atom is 0.243 e. The Morgan fingerprint density at radius 1 is 1.17 bits per heavy atom. The highest BCUT2D eigenvalue weighted by Crippen LogP contribution is 2.31. The fourth-order valence-electron chi connectivity index (χ4n) is 4.74. The van der Waals surface area contributed by atoms with E-state index in [9.17, 15) is 19.5 Å². The topological polar surface area (TPSA) is 98.7 Å². The largest absolute Gasteiger partial charge is 0.391 e. The minimum atomic E-state index is -0.793. The monoisotopic (exact) mass is 499 g/mol. The summed E-state index contributed by atoms with van der Waals surface area (Å²) in [5, 5.41) is 18.4. The Morgan fingerprint density at radius 2 is 1.83 bits per heavy atom. The number of benzene rings is 1. The summed E-state index contributed by atoms with van der Waals surface area (Å²) < 4.78 is 0. The number of aryl methyl sites for hydroxylation is 1. The first kappa shape index (κ1) is 27.0. The van der Waals surface area contributed by atoms with Gasteiger partial charge >= 0.3 is 0 Å². The molecule has 0 unspecified atom stereocenters. The average molecular weight is 500 g/mol. The third kappa shape index (κ3) is 6.37. The van der Waals surface area contributed by atoms with Crippen LogP contribution in [0.25, 0.3) is 10.4 Å². The lowest BCUT2D eigenvalue weighted by atomic mass is 9.86. The van der Waals surface area contributed by atoms with Gasteiger partial charge in [-0.15, -0.1) is 11.3 Å². The lowest BCUT2D eigenvalue weighted by Gasteiger charge is -2.35. The van der Waals surface area contributed by atoms with Gasteiger partial charge in [0.2, 0.25) is 11.8 Å². The molecule has 4 atom stereocenters. The second kappa shape index (κ2) is 11.0. The van der Waals surface area contributed by atoms with Crippen molar-refractivity contribution in [1.29, 1.82) is 0 Å². The lowest BCUT2D eigenvalue weighted by Crippen LogP contribution is -2.56. The molecule has 1 aromatic heterocycles. The molecule has 1 aliphatic heterocycles. The van der Waals surface area contributed by atoms with Crippen molar-refractivity contribution >= 4 is 28.9 Å². The molecule has 2 aromatic rings. The summed E-state index contributed by atoms with van der Waals surface area (Å²) in [4.78, 5) is 41.4. The molecule has 0 spiro atoms. The smallest absolute Gasteiger partial charge is 0.243 e. The number of rotatable bonds is 8. The molecule has 8 heteroatoms. The number of amides is 2. The molecule has 3 rings (SSSR count). The number of ketones is 1. The van der Waals surface area contributed by atoms with Crippen LogP contribution < -0.4 is 10.6 Å². The molecule has 1 saturated heterocycles. The van der Waals surface area contributed by atoms with Gasteiger partial charge in [0.15, 0.2) is 0 Å². The number of aliphatic hydroxyl groups is 1. The molecule has 3 N–H and O–H groups in total. The van der Waals surface area contributed by atoms with Crippen molar-refractivity contribution in [3.05, 3.63) is 46.8 Å². The Hall–Kier alpha value is -2.55. The van der Waals surface area contributed by atoms with Crippen molar-refractivity contribution in [1.82, 2.24) is 15.5 Å². The summed E-state index contributed by atoms with van der Waals surface area (Å²) >= 11 is 1.67. The second-order valence-electron chi connectivity index (χ2n) is 10.5. The van der Waals surface area contributed by atoms with Crippen LogP contribution in [-0.4, -0.2) is 59.4 Å². The first-order chi connectivity index (χ1) is 16.4. The molecule has 1 fully saturated rings. The van der Waals surface area contributed by atoms with Crippen molar-refractivity contribution in [3.8, 4) is 10.4 Å². The number of hydrogen-bond donors (Lipinski definition) is 3. The number of thiophene rings is 1. The van der Waals surface area contributed by atoms with Crippen molar-refractivity contribution in [2.75, 3.05) is 13.6 Å². The van der Waals surface area contributed by atoms with Gasteiger partial charge in [-0.2, -0.15) is 0 Å². The van der Waals surface area contributed by atoms with Crippen LogP contribution in [0.5, 0.6) is 0 Å². The number of hydrogen-bond acceptors (Lipinski definition) is 6. The number of Topliss-reactive ketones (excluding diaryl/α,β-unsaturated/α-hetero) is 1. The number of carbonyl (C=O) groups is 3.